The first kappa shape index (κ1) is 13.5. The summed E-state index contributed by atoms with van der Waals surface area (Å²) in [4.78, 5) is 4.08. The second-order valence-corrected chi connectivity index (χ2v) is 7.75. The van der Waals surface area contributed by atoms with Crippen LogP contribution in [0, 0.1) is 10.8 Å². The van der Waals surface area contributed by atoms with Crippen molar-refractivity contribution in [1.82, 2.24) is 4.98 Å². The molecular weight excluding hydrogens is 220 g/mol. The van der Waals surface area contributed by atoms with Gasteiger partial charge in [-0.3, -0.25) is 4.98 Å². The molecule has 0 amide bonds. The summed E-state index contributed by atoms with van der Waals surface area (Å²) >= 11 is 0. The summed E-state index contributed by atoms with van der Waals surface area (Å²) in [6.45, 7) is 9.40. The first-order chi connectivity index (χ1) is 8.20. The molecule has 2 rings (SSSR count). The lowest BCUT2D eigenvalue weighted by Crippen LogP contribution is -2.53. The number of hydrogen-bond acceptors (Lipinski definition) is 2. The second-order valence-electron chi connectivity index (χ2n) is 7.75. The van der Waals surface area contributed by atoms with Gasteiger partial charge in [0.15, 0.2) is 0 Å². The minimum atomic E-state index is -0.0768. The van der Waals surface area contributed by atoms with Crippen LogP contribution in [0.25, 0.3) is 0 Å². The topological polar surface area (TPSA) is 38.9 Å². The Morgan fingerprint density at radius 2 is 1.50 bits per heavy atom. The Morgan fingerprint density at radius 1 is 1.00 bits per heavy atom. The van der Waals surface area contributed by atoms with E-state index in [-0.39, 0.29) is 5.54 Å². The average Bonchev–Trinajstić information content (AvgIpc) is 2.11. The SMILES string of the molecule is CC1(C)CC(C)(C)CC(N)(Cc2ccncc2)C1. The zero-order valence-electron chi connectivity index (χ0n) is 12.2. The molecule has 2 heteroatoms. The highest BCUT2D eigenvalue weighted by atomic mass is 14.8. The van der Waals surface area contributed by atoms with Gasteiger partial charge in [0, 0.05) is 17.9 Å². The van der Waals surface area contributed by atoms with E-state index >= 15 is 0 Å². The third-order valence-corrected chi connectivity index (χ3v) is 3.92. The quantitative estimate of drug-likeness (QED) is 0.866. The van der Waals surface area contributed by atoms with Crippen molar-refractivity contribution in [2.45, 2.75) is 58.9 Å². The Balaban J connectivity index is 2.19. The molecule has 0 atom stereocenters. The van der Waals surface area contributed by atoms with Gasteiger partial charge in [0.2, 0.25) is 0 Å². The number of hydrogen-bond donors (Lipinski definition) is 1. The van der Waals surface area contributed by atoms with Gasteiger partial charge in [-0.1, -0.05) is 27.7 Å². The number of rotatable bonds is 2. The molecule has 1 aromatic heterocycles. The maximum atomic E-state index is 6.72. The van der Waals surface area contributed by atoms with E-state index in [1.165, 1.54) is 12.0 Å². The maximum Gasteiger partial charge on any atom is 0.0270 e. The zero-order valence-corrected chi connectivity index (χ0v) is 12.2. The number of aromatic nitrogens is 1. The summed E-state index contributed by atoms with van der Waals surface area (Å²) in [6, 6.07) is 4.17. The van der Waals surface area contributed by atoms with Crippen molar-refractivity contribution in [1.29, 1.82) is 0 Å². The minimum Gasteiger partial charge on any atom is -0.325 e. The first-order valence-electron chi connectivity index (χ1n) is 6.88. The van der Waals surface area contributed by atoms with E-state index in [0.29, 0.717) is 10.8 Å². The van der Waals surface area contributed by atoms with Gasteiger partial charge in [0.1, 0.15) is 0 Å². The van der Waals surface area contributed by atoms with Crippen molar-refractivity contribution in [3.8, 4) is 0 Å². The fourth-order valence-corrected chi connectivity index (χ4v) is 4.42. The molecular formula is C16H26N2. The highest BCUT2D eigenvalue weighted by Gasteiger charge is 2.45. The van der Waals surface area contributed by atoms with Crippen LogP contribution in [0.2, 0.25) is 0 Å². The largest absolute Gasteiger partial charge is 0.325 e. The second kappa shape index (κ2) is 4.34. The Morgan fingerprint density at radius 3 is 2.00 bits per heavy atom. The predicted octanol–water partition coefficient (Wildman–Crippen LogP) is 3.56. The van der Waals surface area contributed by atoms with Gasteiger partial charge in [-0.15, -0.1) is 0 Å². The Labute approximate surface area is 111 Å². The molecule has 1 fully saturated rings. The monoisotopic (exact) mass is 246 g/mol. The van der Waals surface area contributed by atoms with Gasteiger partial charge < -0.3 is 5.73 Å². The smallest absolute Gasteiger partial charge is 0.0270 e. The van der Waals surface area contributed by atoms with E-state index in [9.17, 15) is 0 Å². The minimum absolute atomic E-state index is 0.0768. The molecule has 0 unspecified atom stereocenters. The van der Waals surface area contributed by atoms with Crippen molar-refractivity contribution < 1.29 is 0 Å². The molecule has 0 aliphatic heterocycles. The van der Waals surface area contributed by atoms with Gasteiger partial charge in [0.05, 0.1) is 0 Å². The fraction of sp³-hybridized carbons (Fsp3) is 0.688. The molecule has 1 saturated carbocycles. The van der Waals surface area contributed by atoms with Crippen LogP contribution in [0.4, 0.5) is 0 Å². The lowest BCUT2D eigenvalue weighted by molar-refractivity contribution is 0.0487. The summed E-state index contributed by atoms with van der Waals surface area (Å²) < 4.78 is 0. The molecule has 1 heterocycles. The molecule has 2 N–H and O–H groups in total. The Kier molecular flexibility index (Phi) is 3.26. The summed E-state index contributed by atoms with van der Waals surface area (Å²) in [5.74, 6) is 0. The molecule has 1 aliphatic rings. The third-order valence-electron chi connectivity index (χ3n) is 3.92. The van der Waals surface area contributed by atoms with E-state index in [2.05, 4.69) is 44.8 Å². The molecule has 0 bridgehead atoms. The number of nitrogens with two attached hydrogens (primary N) is 1. The average molecular weight is 246 g/mol. The van der Waals surface area contributed by atoms with Crippen LogP contribution in [0.5, 0.6) is 0 Å². The zero-order chi connectivity index (χ0) is 13.4. The Hall–Kier alpha value is -0.890. The summed E-state index contributed by atoms with van der Waals surface area (Å²) in [7, 11) is 0. The highest BCUT2D eigenvalue weighted by Crippen LogP contribution is 2.49. The van der Waals surface area contributed by atoms with Crippen LogP contribution in [-0.4, -0.2) is 10.5 Å². The normalized spacial score (nSPS) is 24.7. The van der Waals surface area contributed by atoms with Crippen molar-refractivity contribution in [2.75, 3.05) is 0 Å². The molecule has 0 radical (unpaired) electrons. The Bertz CT molecular complexity index is 390. The van der Waals surface area contributed by atoms with Crippen LogP contribution in [-0.2, 0) is 6.42 Å². The molecule has 1 aliphatic carbocycles. The van der Waals surface area contributed by atoms with Gasteiger partial charge in [-0.05, 0) is 54.2 Å². The molecule has 0 saturated heterocycles. The number of nitrogens with zero attached hydrogens (tertiary/aromatic N) is 1. The molecule has 1 aromatic rings. The maximum absolute atomic E-state index is 6.72. The fourth-order valence-electron chi connectivity index (χ4n) is 4.42. The van der Waals surface area contributed by atoms with Gasteiger partial charge >= 0.3 is 0 Å². The summed E-state index contributed by atoms with van der Waals surface area (Å²) in [6.07, 6.45) is 8.14. The van der Waals surface area contributed by atoms with Gasteiger partial charge in [0.25, 0.3) is 0 Å². The number of pyridine rings is 1. The van der Waals surface area contributed by atoms with Crippen molar-refractivity contribution in [3.63, 3.8) is 0 Å². The molecule has 0 spiro atoms. The van der Waals surface area contributed by atoms with Crippen LogP contribution >= 0.6 is 0 Å². The summed E-state index contributed by atoms with van der Waals surface area (Å²) in [5, 5.41) is 0. The first-order valence-corrected chi connectivity index (χ1v) is 6.88. The van der Waals surface area contributed by atoms with Crippen LogP contribution in [0.1, 0.15) is 52.5 Å². The lowest BCUT2D eigenvalue weighted by atomic mass is 9.57. The standard InChI is InChI=1S/C16H26N2/c1-14(2)10-15(3,4)12-16(17,11-14)9-13-5-7-18-8-6-13/h5-8H,9-12,17H2,1-4H3. The molecule has 2 nitrogen and oxygen atoms in total. The third kappa shape index (κ3) is 3.32. The molecule has 18 heavy (non-hydrogen) atoms. The predicted molar refractivity (Wildman–Crippen MR) is 76.3 cm³/mol. The van der Waals surface area contributed by atoms with E-state index in [0.717, 1.165) is 19.3 Å². The molecule has 100 valence electrons. The van der Waals surface area contributed by atoms with Crippen molar-refractivity contribution in [2.24, 2.45) is 16.6 Å². The van der Waals surface area contributed by atoms with Crippen LogP contribution < -0.4 is 5.73 Å². The van der Waals surface area contributed by atoms with Crippen molar-refractivity contribution >= 4 is 0 Å². The van der Waals surface area contributed by atoms with E-state index in [1.807, 2.05) is 12.4 Å². The van der Waals surface area contributed by atoms with Gasteiger partial charge in [-0.25, -0.2) is 0 Å². The van der Waals surface area contributed by atoms with E-state index in [4.69, 9.17) is 5.73 Å². The van der Waals surface area contributed by atoms with Crippen LogP contribution in [0.15, 0.2) is 24.5 Å². The highest BCUT2D eigenvalue weighted by molar-refractivity contribution is 5.16. The van der Waals surface area contributed by atoms with E-state index < -0.39 is 0 Å². The van der Waals surface area contributed by atoms with E-state index in [1.54, 1.807) is 0 Å². The van der Waals surface area contributed by atoms with Gasteiger partial charge in [-0.2, -0.15) is 0 Å². The summed E-state index contributed by atoms with van der Waals surface area (Å²) in [5.41, 5.74) is 8.63. The van der Waals surface area contributed by atoms with Crippen LogP contribution in [0.3, 0.4) is 0 Å². The molecule has 0 aromatic carbocycles. The lowest BCUT2D eigenvalue weighted by Gasteiger charge is -2.50. The van der Waals surface area contributed by atoms with Crippen molar-refractivity contribution in [3.05, 3.63) is 30.1 Å².